The van der Waals surface area contributed by atoms with Gasteiger partial charge in [-0.15, -0.1) is 0 Å². The minimum absolute atomic E-state index is 0.699. The summed E-state index contributed by atoms with van der Waals surface area (Å²) in [5.41, 5.74) is 0. The van der Waals surface area contributed by atoms with Crippen LogP contribution in [-0.4, -0.2) is 37.6 Å². The fourth-order valence-electron chi connectivity index (χ4n) is 2.49. The summed E-state index contributed by atoms with van der Waals surface area (Å²) in [7, 11) is 2.25. The van der Waals surface area contributed by atoms with Gasteiger partial charge >= 0.3 is 0 Å². The first-order chi connectivity index (χ1) is 7.24. The van der Waals surface area contributed by atoms with Gasteiger partial charge in [-0.2, -0.15) is 0 Å². The van der Waals surface area contributed by atoms with Gasteiger partial charge in [-0.05, 0) is 52.2 Å². The molecule has 0 aromatic heterocycles. The molecule has 1 heterocycles. The van der Waals surface area contributed by atoms with E-state index in [-0.39, 0.29) is 0 Å². The first-order valence-electron chi connectivity index (χ1n) is 6.66. The molecule has 0 aromatic rings. The monoisotopic (exact) mass is 212 g/mol. The number of nitrogens with one attached hydrogen (secondary N) is 1. The molecule has 0 saturated carbocycles. The van der Waals surface area contributed by atoms with Crippen LogP contribution < -0.4 is 5.32 Å². The highest BCUT2D eigenvalue weighted by Gasteiger charge is 2.21. The Balaban J connectivity index is 2.12. The number of hydrogen-bond donors (Lipinski definition) is 1. The molecule has 0 bridgehead atoms. The summed E-state index contributed by atoms with van der Waals surface area (Å²) in [5.74, 6) is 0.866. The topological polar surface area (TPSA) is 15.3 Å². The third-order valence-electron chi connectivity index (χ3n) is 3.61. The summed E-state index contributed by atoms with van der Waals surface area (Å²) in [6.45, 7) is 8.39. The standard InChI is InChI=1S/C13H28N2/c1-4-5-6-9-14-12(2)13-8-7-10-15(3)11-13/h12-14H,4-11H2,1-3H3. The van der Waals surface area contributed by atoms with Crippen LogP contribution in [0.15, 0.2) is 0 Å². The van der Waals surface area contributed by atoms with Crippen LogP contribution in [-0.2, 0) is 0 Å². The number of likely N-dealkylation sites (tertiary alicyclic amines) is 1. The fourth-order valence-corrected chi connectivity index (χ4v) is 2.49. The van der Waals surface area contributed by atoms with Gasteiger partial charge in [-0.1, -0.05) is 19.8 Å². The lowest BCUT2D eigenvalue weighted by Crippen LogP contribution is -2.43. The summed E-state index contributed by atoms with van der Waals surface area (Å²) >= 11 is 0. The maximum absolute atomic E-state index is 3.68. The van der Waals surface area contributed by atoms with Crippen molar-refractivity contribution in [3.63, 3.8) is 0 Å². The van der Waals surface area contributed by atoms with E-state index in [4.69, 9.17) is 0 Å². The van der Waals surface area contributed by atoms with Crippen LogP contribution in [0.2, 0.25) is 0 Å². The lowest BCUT2D eigenvalue weighted by atomic mass is 9.92. The Bertz CT molecular complexity index is 159. The summed E-state index contributed by atoms with van der Waals surface area (Å²) in [6, 6.07) is 0.699. The Hall–Kier alpha value is -0.0800. The number of nitrogens with zero attached hydrogens (tertiary/aromatic N) is 1. The third kappa shape index (κ3) is 4.98. The maximum atomic E-state index is 3.68. The highest BCUT2D eigenvalue weighted by atomic mass is 15.1. The lowest BCUT2D eigenvalue weighted by Gasteiger charge is -2.34. The van der Waals surface area contributed by atoms with Gasteiger partial charge < -0.3 is 10.2 Å². The zero-order chi connectivity index (χ0) is 11.1. The molecule has 2 heteroatoms. The van der Waals surface area contributed by atoms with E-state index in [1.807, 2.05) is 0 Å². The van der Waals surface area contributed by atoms with Gasteiger partial charge in [0.2, 0.25) is 0 Å². The molecule has 2 unspecified atom stereocenters. The van der Waals surface area contributed by atoms with E-state index in [0.29, 0.717) is 6.04 Å². The van der Waals surface area contributed by atoms with Crippen molar-refractivity contribution >= 4 is 0 Å². The fraction of sp³-hybridized carbons (Fsp3) is 1.00. The molecule has 1 aliphatic heterocycles. The van der Waals surface area contributed by atoms with Gasteiger partial charge in [0.1, 0.15) is 0 Å². The molecule has 1 N–H and O–H groups in total. The van der Waals surface area contributed by atoms with Crippen LogP contribution in [0.5, 0.6) is 0 Å². The average molecular weight is 212 g/mol. The smallest absolute Gasteiger partial charge is 0.00792 e. The zero-order valence-corrected chi connectivity index (χ0v) is 10.8. The molecule has 0 aromatic carbocycles. The predicted molar refractivity (Wildman–Crippen MR) is 67.2 cm³/mol. The zero-order valence-electron chi connectivity index (χ0n) is 10.8. The molecule has 1 fully saturated rings. The SMILES string of the molecule is CCCCCNC(C)C1CCCN(C)C1. The van der Waals surface area contributed by atoms with Crippen LogP contribution in [0, 0.1) is 5.92 Å². The normalized spacial score (nSPS) is 25.4. The molecule has 0 radical (unpaired) electrons. The second kappa shape index (κ2) is 7.24. The summed E-state index contributed by atoms with van der Waals surface area (Å²) < 4.78 is 0. The first-order valence-corrected chi connectivity index (χ1v) is 6.66. The van der Waals surface area contributed by atoms with Crippen LogP contribution >= 0.6 is 0 Å². The Morgan fingerprint density at radius 3 is 2.87 bits per heavy atom. The van der Waals surface area contributed by atoms with Gasteiger partial charge in [0.05, 0.1) is 0 Å². The van der Waals surface area contributed by atoms with Gasteiger partial charge in [-0.25, -0.2) is 0 Å². The average Bonchev–Trinajstić information content (AvgIpc) is 2.24. The molecule has 90 valence electrons. The Morgan fingerprint density at radius 2 is 2.20 bits per heavy atom. The van der Waals surface area contributed by atoms with Crippen LogP contribution in [0.1, 0.15) is 46.0 Å². The molecule has 0 amide bonds. The van der Waals surface area contributed by atoms with Crippen molar-refractivity contribution in [2.24, 2.45) is 5.92 Å². The van der Waals surface area contributed by atoms with Crippen molar-refractivity contribution in [3.05, 3.63) is 0 Å². The largest absolute Gasteiger partial charge is 0.314 e. The van der Waals surface area contributed by atoms with E-state index < -0.39 is 0 Å². The molecule has 1 rings (SSSR count). The van der Waals surface area contributed by atoms with E-state index in [9.17, 15) is 0 Å². The second-order valence-corrected chi connectivity index (χ2v) is 5.11. The van der Waals surface area contributed by atoms with Gasteiger partial charge in [-0.3, -0.25) is 0 Å². The van der Waals surface area contributed by atoms with Crippen molar-refractivity contribution in [3.8, 4) is 0 Å². The van der Waals surface area contributed by atoms with E-state index in [1.54, 1.807) is 0 Å². The second-order valence-electron chi connectivity index (χ2n) is 5.11. The number of piperidine rings is 1. The van der Waals surface area contributed by atoms with Crippen LogP contribution in [0.3, 0.4) is 0 Å². The van der Waals surface area contributed by atoms with E-state index in [1.165, 1.54) is 51.7 Å². The molecular weight excluding hydrogens is 184 g/mol. The number of hydrogen-bond acceptors (Lipinski definition) is 2. The highest BCUT2D eigenvalue weighted by Crippen LogP contribution is 2.18. The Kier molecular flexibility index (Phi) is 6.26. The summed E-state index contributed by atoms with van der Waals surface area (Å²) in [4.78, 5) is 2.47. The minimum Gasteiger partial charge on any atom is -0.314 e. The number of rotatable bonds is 6. The van der Waals surface area contributed by atoms with Gasteiger partial charge in [0.15, 0.2) is 0 Å². The molecule has 1 aliphatic rings. The maximum Gasteiger partial charge on any atom is 0.00792 e. The van der Waals surface area contributed by atoms with Crippen molar-refractivity contribution in [2.75, 3.05) is 26.7 Å². The van der Waals surface area contributed by atoms with Gasteiger partial charge in [0.25, 0.3) is 0 Å². The van der Waals surface area contributed by atoms with Crippen molar-refractivity contribution < 1.29 is 0 Å². The Labute approximate surface area is 95.4 Å². The van der Waals surface area contributed by atoms with Crippen LogP contribution in [0.25, 0.3) is 0 Å². The highest BCUT2D eigenvalue weighted by molar-refractivity contribution is 4.78. The van der Waals surface area contributed by atoms with E-state index in [2.05, 4.69) is 31.1 Å². The summed E-state index contributed by atoms with van der Waals surface area (Å²) in [5, 5.41) is 3.68. The van der Waals surface area contributed by atoms with Crippen LogP contribution in [0.4, 0.5) is 0 Å². The molecule has 2 nitrogen and oxygen atoms in total. The Morgan fingerprint density at radius 1 is 1.40 bits per heavy atom. The van der Waals surface area contributed by atoms with Crippen molar-refractivity contribution in [2.45, 2.75) is 52.0 Å². The lowest BCUT2D eigenvalue weighted by molar-refractivity contribution is 0.179. The predicted octanol–water partition coefficient (Wildman–Crippen LogP) is 2.50. The van der Waals surface area contributed by atoms with E-state index in [0.717, 1.165) is 5.92 Å². The van der Waals surface area contributed by atoms with E-state index >= 15 is 0 Å². The van der Waals surface area contributed by atoms with Crippen molar-refractivity contribution in [1.82, 2.24) is 10.2 Å². The molecule has 2 atom stereocenters. The minimum atomic E-state index is 0.699. The third-order valence-corrected chi connectivity index (χ3v) is 3.61. The molecule has 0 spiro atoms. The number of unbranched alkanes of at least 4 members (excludes halogenated alkanes) is 2. The quantitative estimate of drug-likeness (QED) is 0.681. The molecule has 1 saturated heterocycles. The first kappa shape index (κ1) is 13.0. The molecule has 15 heavy (non-hydrogen) atoms. The summed E-state index contributed by atoms with van der Waals surface area (Å²) in [6.07, 6.45) is 6.81. The van der Waals surface area contributed by atoms with Crippen molar-refractivity contribution in [1.29, 1.82) is 0 Å². The molecular formula is C13H28N2. The van der Waals surface area contributed by atoms with Gasteiger partial charge in [0, 0.05) is 12.6 Å². The molecule has 0 aliphatic carbocycles.